The van der Waals surface area contributed by atoms with Crippen molar-refractivity contribution in [2.75, 3.05) is 0 Å². The highest BCUT2D eigenvalue weighted by Crippen LogP contribution is 2.25. The Hall–Kier alpha value is -1.24. The van der Waals surface area contributed by atoms with Gasteiger partial charge in [0.25, 0.3) is 0 Å². The summed E-state index contributed by atoms with van der Waals surface area (Å²) in [5.41, 5.74) is 4.24. The Morgan fingerprint density at radius 3 is 2.33 bits per heavy atom. The van der Waals surface area contributed by atoms with Gasteiger partial charge in [0.15, 0.2) is 0 Å². The van der Waals surface area contributed by atoms with Gasteiger partial charge >= 0.3 is 0 Å². The van der Waals surface area contributed by atoms with Crippen LogP contribution in [-0.4, -0.2) is 7.85 Å². The molecule has 0 fully saturated rings. The van der Waals surface area contributed by atoms with Gasteiger partial charge in [-0.3, -0.25) is 0 Å². The maximum Gasteiger partial charge on any atom is 0.134 e. The third-order valence-electron chi connectivity index (χ3n) is 2.18. The molecule has 0 radical (unpaired) electrons. The first-order valence-electron chi connectivity index (χ1n) is 4.28. The van der Waals surface area contributed by atoms with E-state index in [2.05, 4.69) is 50.3 Å². The first-order valence-corrected chi connectivity index (χ1v) is 4.28. The van der Waals surface area contributed by atoms with Crippen molar-refractivity contribution in [3.63, 3.8) is 0 Å². The summed E-state index contributed by atoms with van der Waals surface area (Å²) in [7, 11) is 2.17. The predicted molar refractivity (Wildman–Crippen MR) is 55.7 cm³/mol. The van der Waals surface area contributed by atoms with Gasteiger partial charge < -0.3 is 0 Å². The van der Waals surface area contributed by atoms with Crippen LogP contribution in [0.1, 0.15) is 12.0 Å². The number of allylic oxidation sites excluding steroid dienone is 4. The second kappa shape index (κ2) is 3.02. The van der Waals surface area contributed by atoms with Crippen molar-refractivity contribution in [1.82, 2.24) is 0 Å². The van der Waals surface area contributed by atoms with Crippen LogP contribution in [0.3, 0.4) is 0 Å². The average molecular weight is 154 g/mol. The monoisotopic (exact) mass is 154 g/mol. The summed E-state index contributed by atoms with van der Waals surface area (Å²) in [6.45, 7) is 0. The Morgan fingerprint density at radius 2 is 1.75 bits per heavy atom. The molecule has 0 aromatic heterocycles. The molecule has 1 aliphatic carbocycles. The fourth-order valence-corrected chi connectivity index (χ4v) is 1.51. The molecule has 0 saturated carbocycles. The van der Waals surface area contributed by atoms with Gasteiger partial charge in [0.1, 0.15) is 7.85 Å². The lowest BCUT2D eigenvalue weighted by molar-refractivity contribution is 1.40. The largest absolute Gasteiger partial charge is 0.134 e. The van der Waals surface area contributed by atoms with E-state index < -0.39 is 0 Å². The van der Waals surface area contributed by atoms with Crippen molar-refractivity contribution >= 4 is 13.4 Å². The lowest BCUT2D eigenvalue weighted by Gasteiger charge is -2.01. The molecular formula is C11H11B. The molecule has 1 aromatic rings. The molecule has 1 aromatic carbocycles. The number of rotatable bonds is 1. The molecule has 0 atom stereocenters. The van der Waals surface area contributed by atoms with Crippen LogP contribution in [0, 0.1) is 0 Å². The summed E-state index contributed by atoms with van der Waals surface area (Å²) >= 11 is 0. The van der Waals surface area contributed by atoms with Crippen molar-refractivity contribution in [3.8, 4) is 0 Å². The minimum absolute atomic E-state index is 1.12. The molecule has 0 saturated heterocycles. The maximum atomic E-state index is 2.21. The first-order chi connectivity index (χ1) is 5.86. The molecule has 0 unspecified atom stereocenters. The average Bonchev–Trinajstić information content (AvgIpc) is 2.54. The third-order valence-corrected chi connectivity index (χ3v) is 2.18. The van der Waals surface area contributed by atoms with Gasteiger partial charge in [-0.05, 0) is 17.6 Å². The molecule has 0 nitrogen and oxygen atoms in total. The fourth-order valence-electron chi connectivity index (χ4n) is 1.51. The van der Waals surface area contributed by atoms with Gasteiger partial charge in [0.2, 0.25) is 0 Å². The van der Waals surface area contributed by atoms with Crippen LogP contribution in [0.2, 0.25) is 0 Å². The van der Waals surface area contributed by atoms with Crippen molar-refractivity contribution in [2.24, 2.45) is 0 Å². The number of benzene rings is 1. The van der Waals surface area contributed by atoms with Crippen molar-refractivity contribution in [3.05, 3.63) is 53.5 Å². The molecule has 2 rings (SSSR count). The molecule has 12 heavy (non-hydrogen) atoms. The smallest absolute Gasteiger partial charge is 0.106 e. The third kappa shape index (κ3) is 1.35. The van der Waals surface area contributed by atoms with E-state index in [-0.39, 0.29) is 0 Å². The molecule has 0 N–H and O–H groups in total. The van der Waals surface area contributed by atoms with Crippen molar-refractivity contribution < 1.29 is 0 Å². The minimum atomic E-state index is 1.12. The van der Waals surface area contributed by atoms with E-state index in [4.69, 9.17) is 0 Å². The van der Waals surface area contributed by atoms with Crippen molar-refractivity contribution in [1.29, 1.82) is 0 Å². The highest BCUT2D eigenvalue weighted by Gasteiger charge is 2.05. The van der Waals surface area contributed by atoms with E-state index in [0.717, 1.165) is 6.42 Å². The van der Waals surface area contributed by atoms with Crippen LogP contribution in [0.15, 0.2) is 48.0 Å². The summed E-state index contributed by atoms with van der Waals surface area (Å²) in [5.74, 6) is 0. The molecule has 58 valence electrons. The first kappa shape index (κ1) is 7.42. The molecule has 1 heteroatoms. The zero-order valence-corrected chi connectivity index (χ0v) is 7.25. The highest BCUT2D eigenvalue weighted by atomic mass is 14.1. The SMILES string of the molecule is BC1=CC=C(c2ccccc2)C1. The molecule has 0 bridgehead atoms. The van der Waals surface area contributed by atoms with E-state index in [0.29, 0.717) is 0 Å². The normalized spacial score (nSPS) is 15.7. The van der Waals surface area contributed by atoms with Crippen LogP contribution < -0.4 is 0 Å². The van der Waals surface area contributed by atoms with Crippen LogP contribution in [0.25, 0.3) is 5.57 Å². The zero-order valence-electron chi connectivity index (χ0n) is 7.25. The van der Waals surface area contributed by atoms with Gasteiger partial charge in [0.05, 0.1) is 0 Å². The lowest BCUT2D eigenvalue weighted by Crippen LogP contribution is -1.82. The zero-order chi connectivity index (χ0) is 8.39. The quantitative estimate of drug-likeness (QED) is 0.542. The second-order valence-electron chi connectivity index (χ2n) is 3.25. The Labute approximate surface area is 74.0 Å². The van der Waals surface area contributed by atoms with Gasteiger partial charge in [-0.25, -0.2) is 0 Å². The van der Waals surface area contributed by atoms with Crippen LogP contribution in [0.5, 0.6) is 0 Å². The van der Waals surface area contributed by atoms with E-state index in [1.54, 1.807) is 0 Å². The summed E-state index contributed by atoms with van der Waals surface area (Å²) in [4.78, 5) is 0. The Balaban J connectivity index is 2.25. The molecule has 0 amide bonds. The van der Waals surface area contributed by atoms with Gasteiger partial charge in [-0.1, -0.05) is 42.5 Å². The van der Waals surface area contributed by atoms with Gasteiger partial charge in [-0.2, -0.15) is 0 Å². The summed E-state index contributed by atoms with van der Waals surface area (Å²) in [6.07, 6.45) is 5.52. The molecular weight excluding hydrogens is 143 g/mol. The Bertz CT molecular complexity index is 333. The van der Waals surface area contributed by atoms with Crippen LogP contribution in [-0.2, 0) is 0 Å². The molecule has 0 aliphatic heterocycles. The van der Waals surface area contributed by atoms with Crippen LogP contribution >= 0.6 is 0 Å². The summed E-state index contributed by atoms with van der Waals surface area (Å²) in [6, 6.07) is 10.6. The Kier molecular flexibility index (Phi) is 1.87. The van der Waals surface area contributed by atoms with E-state index in [1.807, 2.05) is 0 Å². The molecule has 1 aliphatic rings. The van der Waals surface area contributed by atoms with Crippen molar-refractivity contribution in [2.45, 2.75) is 6.42 Å². The minimum Gasteiger partial charge on any atom is -0.106 e. The second-order valence-corrected chi connectivity index (χ2v) is 3.25. The molecule has 0 spiro atoms. The Morgan fingerprint density at radius 1 is 1.00 bits per heavy atom. The fraction of sp³-hybridized carbons (Fsp3) is 0.0909. The lowest BCUT2D eigenvalue weighted by atomic mass is 9.91. The number of hydrogen-bond donors (Lipinski definition) is 0. The van der Waals surface area contributed by atoms with Gasteiger partial charge in [0, 0.05) is 0 Å². The van der Waals surface area contributed by atoms with Gasteiger partial charge in [-0.15, -0.1) is 5.47 Å². The standard InChI is InChI=1S/C11H11B/c12-11-7-6-10(8-11)9-4-2-1-3-5-9/h1-7H,8,12H2. The maximum absolute atomic E-state index is 2.21. The van der Waals surface area contributed by atoms with E-state index in [1.165, 1.54) is 16.6 Å². The molecule has 0 heterocycles. The predicted octanol–water partition coefficient (Wildman–Crippen LogP) is 1.99. The highest BCUT2D eigenvalue weighted by molar-refractivity contribution is 6.23. The van der Waals surface area contributed by atoms with E-state index in [9.17, 15) is 0 Å². The topological polar surface area (TPSA) is 0 Å². The van der Waals surface area contributed by atoms with Crippen LogP contribution in [0.4, 0.5) is 0 Å². The summed E-state index contributed by atoms with van der Waals surface area (Å²) < 4.78 is 0. The number of hydrogen-bond acceptors (Lipinski definition) is 0. The summed E-state index contributed by atoms with van der Waals surface area (Å²) in [5, 5.41) is 0. The van der Waals surface area contributed by atoms with E-state index >= 15 is 0 Å².